The van der Waals surface area contributed by atoms with E-state index in [1.807, 2.05) is 6.92 Å². The molecule has 0 saturated carbocycles. The number of hydrogen-bond acceptors (Lipinski definition) is 5. The summed E-state index contributed by atoms with van der Waals surface area (Å²) in [6, 6.07) is 9.40. The summed E-state index contributed by atoms with van der Waals surface area (Å²) >= 11 is 0. The SMILES string of the molecule is CCN(C(=O)c1cccnc1OC)S(=O)(=O)c1ccc(C)cc1. The fourth-order valence-corrected chi connectivity index (χ4v) is 3.50. The summed E-state index contributed by atoms with van der Waals surface area (Å²) in [5.74, 6) is -0.576. The molecule has 1 aromatic carbocycles. The van der Waals surface area contributed by atoms with Gasteiger partial charge in [-0.05, 0) is 38.1 Å². The maximum atomic E-state index is 12.7. The molecule has 0 radical (unpaired) electrons. The molecule has 1 aromatic heterocycles. The molecule has 122 valence electrons. The van der Waals surface area contributed by atoms with E-state index in [4.69, 9.17) is 4.74 Å². The molecular formula is C16H18N2O4S. The minimum absolute atomic E-state index is 0.00704. The van der Waals surface area contributed by atoms with Gasteiger partial charge in [0.25, 0.3) is 15.9 Å². The van der Waals surface area contributed by atoms with Gasteiger partial charge in [-0.15, -0.1) is 0 Å². The third kappa shape index (κ3) is 3.34. The Kier molecular flexibility index (Phi) is 5.00. The summed E-state index contributed by atoms with van der Waals surface area (Å²) in [7, 11) is -2.56. The van der Waals surface area contributed by atoms with Gasteiger partial charge in [-0.3, -0.25) is 4.79 Å². The predicted octanol–water partition coefficient (Wildman–Crippen LogP) is 2.25. The molecule has 0 N–H and O–H groups in total. The number of aryl methyl sites for hydroxylation is 1. The quantitative estimate of drug-likeness (QED) is 0.838. The highest BCUT2D eigenvalue weighted by atomic mass is 32.2. The highest BCUT2D eigenvalue weighted by Crippen LogP contribution is 2.22. The van der Waals surface area contributed by atoms with E-state index in [-0.39, 0.29) is 22.9 Å². The van der Waals surface area contributed by atoms with Crippen molar-refractivity contribution in [2.45, 2.75) is 18.7 Å². The molecule has 0 aliphatic rings. The molecule has 2 aromatic rings. The summed E-state index contributed by atoms with van der Waals surface area (Å²) in [4.78, 5) is 16.7. The number of aromatic nitrogens is 1. The van der Waals surface area contributed by atoms with E-state index < -0.39 is 15.9 Å². The van der Waals surface area contributed by atoms with Crippen LogP contribution in [0.15, 0.2) is 47.5 Å². The Labute approximate surface area is 135 Å². The van der Waals surface area contributed by atoms with Gasteiger partial charge < -0.3 is 4.74 Å². The average Bonchev–Trinajstić information content (AvgIpc) is 2.55. The van der Waals surface area contributed by atoms with Crippen LogP contribution in [0.5, 0.6) is 5.88 Å². The molecule has 1 heterocycles. The molecule has 0 fully saturated rings. The van der Waals surface area contributed by atoms with Crippen LogP contribution >= 0.6 is 0 Å². The first kappa shape index (κ1) is 17.0. The van der Waals surface area contributed by atoms with Crippen LogP contribution in [0.25, 0.3) is 0 Å². The van der Waals surface area contributed by atoms with Crippen LogP contribution in [0, 0.1) is 6.92 Å². The van der Waals surface area contributed by atoms with Crippen molar-refractivity contribution in [2.75, 3.05) is 13.7 Å². The van der Waals surface area contributed by atoms with Crippen molar-refractivity contribution in [1.29, 1.82) is 0 Å². The van der Waals surface area contributed by atoms with Crippen LogP contribution in [0.1, 0.15) is 22.8 Å². The van der Waals surface area contributed by atoms with Gasteiger partial charge in [-0.25, -0.2) is 17.7 Å². The van der Waals surface area contributed by atoms with Gasteiger partial charge in [0, 0.05) is 12.7 Å². The number of rotatable bonds is 5. The first-order chi connectivity index (χ1) is 10.9. The van der Waals surface area contributed by atoms with Crippen LogP contribution < -0.4 is 4.74 Å². The first-order valence-electron chi connectivity index (χ1n) is 7.04. The third-order valence-electron chi connectivity index (χ3n) is 3.32. The lowest BCUT2D eigenvalue weighted by atomic mass is 10.2. The monoisotopic (exact) mass is 334 g/mol. The van der Waals surface area contributed by atoms with Crippen LogP contribution in [0.3, 0.4) is 0 Å². The van der Waals surface area contributed by atoms with E-state index >= 15 is 0 Å². The highest BCUT2D eigenvalue weighted by molar-refractivity contribution is 7.89. The van der Waals surface area contributed by atoms with E-state index in [0.717, 1.165) is 9.87 Å². The Morgan fingerprint density at radius 2 is 1.87 bits per heavy atom. The minimum Gasteiger partial charge on any atom is -0.480 e. The Morgan fingerprint density at radius 1 is 1.22 bits per heavy atom. The zero-order valence-electron chi connectivity index (χ0n) is 13.2. The van der Waals surface area contributed by atoms with Crippen LogP contribution in [-0.2, 0) is 10.0 Å². The Morgan fingerprint density at radius 3 is 2.43 bits per heavy atom. The van der Waals surface area contributed by atoms with Gasteiger partial charge in [-0.2, -0.15) is 0 Å². The first-order valence-corrected chi connectivity index (χ1v) is 8.48. The largest absolute Gasteiger partial charge is 0.480 e. The van der Waals surface area contributed by atoms with Crippen molar-refractivity contribution in [1.82, 2.24) is 9.29 Å². The van der Waals surface area contributed by atoms with Crippen molar-refractivity contribution < 1.29 is 17.9 Å². The van der Waals surface area contributed by atoms with Gasteiger partial charge in [0.05, 0.1) is 12.0 Å². The minimum atomic E-state index is -3.94. The third-order valence-corrected chi connectivity index (χ3v) is 5.19. The number of hydrogen-bond donors (Lipinski definition) is 0. The second-order valence-electron chi connectivity index (χ2n) is 4.85. The molecule has 0 atom stereocenters. The van der Waals surface area contributed by atoms with Gasteiger partial charge in [0.15, 0.2) is 0 Å². The average molecular weight is 334 g/mol. The molecule has 23 heavy (non-hydrogen) atoms. The molecule has 0 unspecified atom stereocenters. The number of methoxy groups -OCH3 is 1. The van der Waals surface area contributed by atoms with Crippen LogP contribution in [0.4, 0.5) is 0 Å². The van der Waals surface area contributed by atoms with Crippen molar-refractivity contribution >= 4 is 15.9 Å². The summed E-state index contributed by atoms with van der Waals surface area (Å²) in [5.41, 5.74) is 1.04. The normalized spacial score (nSPS) is 11.1. The fourth-order valence-electron chi connectivity index (χ4n) is 2.11. The molecule has 1 amide bonds. The Balaban J connectivity index is 2.46. The molecule has 6 nitrogen and oxygen atoms in total. The number of carbonyl (C=O) groups excluding carboxylic acids is 1. The standard InChI is InChI=1S/C16H18N2O4S/c1-4-18(16(19)14-6-5-11-17-15(14)22-3)23(20,21)13-9-7-12(2)8-10-13/h5-11H,4H2,1-3H3. The maximum absolute atomic E-state index is 12.7. The molecule has 0 aliphatic carbocycles. The van der Waals surface area contributed by atoms with E-state index in [1.165, 1.54) is 31.5 Å². The molecular weight excluding hydrogens is 316 g/mol. The van der Waals surface area contributed by atoms with Gasteiger partial charge in [0.2, 0.25) is 5.88 Å². The van der Waals surface area contributed by atoms with Crippen molar-refractivity contribution in [3.05, 3.63) is 53.7 Å². The summed E-state index contributed by atoms with van der Waals surface area (Å²) in [6.45, 7) is 3.47. The van der Waals surface area contributed by atoms with E-state index in [2.05, 4.69) is 4.98 Å². The highest BCUT2D eigenvalue weighted by Gasteiger charge is 2.30. The molecule has 7 heteroatoms. The van der Waals surface area contributed by atoms with Crippen molar-refractivity contribution in [2.24, 2.45) is 0 Å². The topological polar surface area (TPSA) is 76.6 Å². The zero-order valence-corrected chi connectivity index (χ0v) is 14.0. The molecule has 0 bridgehead atoms. The fraction of sp³-hybridized carbons (Fsp3) is 0.250. The summed E-state index contributed by atoms with van der Waals surface area (Å²) in [6.07, 6.45) is 1.47. The Hall–Kier alpha value is -2.41. The van der Waals surface area contributed by atoms with Crippen LogP contribution in [0.2, 0.25) is 0 Å². The lowest BCUT2D eigenvalue weighted by Crippen LogP contribution is -2.37. The molecule has 0 spiro atoms. The maximum Gasteiger partial charge on any atom is 0.273 e. The molecule has 2 rings (SSSR count). The number of sulfonamides is 1. The number of amides is 1. The number of pyridine rings is 1. The molecule has 0 aliphatic heterocycles. The van der Waals surface area contributed by atoms with E-state index in [9.17, 15) is 13.2 Å². The predicted molar refractivity (Wildman–Crippen MR) is 85.9 cm³/mol. The van der Waals surface area contributed by atoms with E-state index in [1.54, 1.807) is 25.1 Å². The second-order valence-corrected chi connectivity index (χ2v) is 6.71. The van der Waals surface area contributed by atoms with Crippen LogP contribution in [-0.4, -0.2) is 37.3 Å². The number of nitrogens with zero attached hydrogens (tertiary/aromatic N) is 2. The van der Waals surface area contributed by atoms with Crippen molar-refractivity contribution in [3.63, 3.8) is 0 Å². The number of benzene rings is 1. The lowest BCUT2D eigenvalue weighted by molar-refractivity contribution is 0.0862. The van der Waals surface area contributed by atoms with Gasteiger partial charge in [-0.1, -0.05) is 17.7 Å². The second kappa shape index (κ2) is 6.78. The molecule has 0 saturated heterocycles. The van der Waals surface area contributed by atoms with Gasteiger partial charge >= 0.3 is 0 Å². The van der Waals surface area contributed by atoms with Gasteiger partial charge in [0.1, 0.15) is 5.56 Å². The number of ether oxygens (including phenoxy) is 1. The zero-order chi connectivity index (χ0) is 17.0. The van der Waals surface area contributed by atoms with Crippen molar-refractivity contribution in [3.8, 4) is 5.88 Å². The number of carbonyl (C=O) groups is 1. The summed E-state index contributed by atoms with van der Waals surface area (Å²) in [5, 5.41) is 0. The lowest BCUT2D eigenvalue weighted by Gasteiger charge is -2.21. The smallest absolute Gasteiger partial charge is 0.273 e. The Bertz CT molecular complexity index is 801. The van der Waals surface area contributed by atoms with E-state index in [0.29, 0.717) is 0 Å². The summed E-state index contributed by atoms with van der Waals surface area (Å²) < 4.78 is 31.3.